The highest BCUT2D eigenvalue weighted by atomic mass is 16.2. The molecule has 0 aromatic carbocycles. The van der Waals surface area contributed by atoms with Gasteiger partial charge in [0.2, 0.25) is 5.91 Å². The van der Waals surface area contributed by atoms with Crippen molar-refractivity contribution in [3.8, 4) is 0 Å². The first-order valence-corrected chi connectivity index (χ1v) is 8.07. The minimum Gasteiger partial charge on any atom is -0.397 e. The minimum absolute atomic E-state index is 0.0391. The number of amides is 3. The van der Waals surface area contributed by atoms with Crippen LogP contribution in [0.15, 0.2) is 18.3 Å². The van der Waals surface area contributed by atoms with Gasteiger partial charge in [-0.25, -0.2) is 4.79 Å². The predicted octanol–water partition coefficient (Wildman–Crippen LogP) is 0.812. The number of carbonyl (C=O) groups is 2. The second-order valence-electron chi connectivity index (χ2n) is 5.58. The molecule has 1 aliphatic rings. The van der Waals surface area contributed by atoms with Crippen molar-refractivity contribution < 1.29 is 9.59 Å². The summed E-state index contributed by atoms with van der Waals surface area (Å²) >= 11 is 0. The molecule has 0 saturated carbocycles. The van der Waals surface area contributed by atoms with Gasteiger partial charge < -0.3 is 20.4 Å². The topological polar surface area (TPSA) is 82.8 Å². The van der Waals surface area contributed by atoms with Crippen LogP contribution in [-0.4, -0.2) is 70.9 Å². The molecule has 0 aliphatic carbocycles. The molecule has 0 unspecified atom stereocenters. The van der Waals surface area contributed by atoms with Gasteiger partial charge in [-0.05, 0) is 26.0 Å². The number of aromatic nitrogens is 1. The summed E-state index contributed by atoms with van der Waals surface area (Å²) in [6.45, 7) is 7.66. The van der Waals surface area contributed by atoms with Crippen LogP contribution in [0.5, 0.6) is 0 Å². The lowest BCUT2D eigenvalue weighted by atomic mass is 10.2. The van der Waals surface area contributed by atoms with Gasteiger partial charge in [-0.1, -0.05) is 0 Å². The maximum Gasteiger partial charge on any atom is 0.320 e. The molecule has 126 valence electrons. The van der Waals surface area contributed by atoms with Crippen LogP contribution in [0.25, 0.3) is 0 Å². The quantitative estimate of drug-likeness (QED) is 0.890. The zero-order chi connectivity index (χ0) is 16.8. The van der Waals surface area contributed by atoms with E-state index in [0.717, 1.165) is 0 Å². The van der Waals surface area contributed by atoms with Crippen LogP contribution < -0.4 is 5.73 Å². The number of pyridine rings is 1. The number of piperazine rings is 1. The Balaban J connectivity index is 1.85. The van der Waals surface area contributed by atoms with Gasteiger partial charge in [0.1, 0.15) is 0 Å². The lowest BCUT2D eigenvalue weighted by Gasteiger charge is -2.37. The average Bonchev–Trinajstić information content (AvgIpc) is 2.58. The van der Waals surface area contributed by atoms with Crippen LogP contribution in [0.3, 0.4) is 0 Å². The third-order valence-electron chi connectivity index (χ3n) is 4.12. The third-order valence-corrected chi connectivity index (χ3v) is 4.12. The van der Waals surface area contributed by atoms with Gasteiger partial charge in [-0.3, -0.25) is 9.78 Å². The summed E-state index contributed by atoms with van der Waals surface area (Å²) in [4.78, 5) is 34.2. The summed E-state index contributed by atoms with van der Waals surface area (Å²) in [5.41, 5.74) is 6.89. The molecule has 1 aromatic heterocycles. The van der Waals surface area contributed by atoms with Gasteiger partial charge in [0.25, 0.3) is 0 Å². The number of rotatable bonds is 4. The van der Waals surface area contributed by atoms with Crippen molar-refractivity contribution in [1.29, 1.82) is 0 Å². The third kappa shape index (κ3) is 4.34. The highest BCUT2D eigenvalue weighted by Crippen LogP contribution is 2.09. The Morgan fingerprint density at radius 3 is 2.26 bits per heavy atom. The maximum absolute atomic E-state index is 12.3. The Kier molecular flexibility index (Phi) is 5.78. The van der Waals surface area contributed by atoms with Crippen LogP contribution in [-0.2, 0) is 11.2 Å². The molecule has 1 aromatic rings. The van der Waals surface area contributed by atoms with Crippen molar-refractivity contribution in [2.75, 3.05) is 45.0 Å². The van der Waals surface area contributed by atoms with Gasteiger partial charge in [0, 0.05) is 45.0 Å². The predicted molar refractivity (Wildman–Crippen MR) is 88.8 cm³/mol. The van der Waals surface area contributed by atoms with Crippen molar-refractivity contribution in [2.45, 2.75) is 20.3 Å². The SMILES string of the molecule is CCN(CC)C(=O)N1CCN(C(=O)Cc2ccc(N)cn2)CC1. The van der Waals surface area contributed by atoms with E-state index in [-0.39, 0.29) is 18.4 Å². The maximum atomic E-state index is 12.3. The fourth-order valence-corrected chi connectivity index (χ4v) is 2.65. The molecule has 2 heterocycles. The van der Waals surface area contributed by atoms with E-state index in [0.29, 0.717) is 50.6 Å². The van der Waals surface area contributed by atoms with Gasteiger partial charge in [0.15, 0.2) is 0 Å². The van der Waals surface area contributed by atoms with E-state index in [9.17, 15) is 9.59 Å². The number of urea groups is 1. The van der Waals surface area contributed by atoms with Gasteiger partial charge >= 0.3 is 6.03 Å². The van der Waals surface area contributed by atoms with Crippen LogP contribution in [0.1, 0.15) is 19.5 Å². The van der Waals surface area contributed by atoms with Crippen LogP contribution in [0.4, 0.5) is 10.5 Å². The molecule has 1 saturated heterocycles. The fourth-order valence-electron chi connectivity index (χ4n) is 2.65. The molecule has 23 heavy (non-hydrogen) atoms. The number of nitrogens with zero attached hydrogens (tertiary/aromatic N) is 4. The van der Waals surface area contributed by atoms with E-state index in [1.165, 1.54) is 0 Å². The van der Waals surface area contributed by atoms with Gasteiger partial charge in [0.05, 0.1) is 18.3 Å². The molecule has 1 aliphatic heterocycles. The second kappa shape index (κ2) is 7.80. The summed E-state index contributed by atoms with van der Waals surface area (Å²) in [7, 11) is 0. The normalized spacial score (nSPS) is 14.7. The van der Waals surface area contributed by atoms with Crippen LogP contribution in [0.2, 0.25) is 0 Å². The first kappa shape index (κ1) is 17.1. The van der Waals surface area contributed by atoms with Crippen molar-refractivity contribution in [1.82, 2.24) is 19.7 Å². The molecule has 1 fully saturated rings. The number of hydrogen-bond donors (Lipinski definition) is 1. The minimum atomic E-state index is 0.0391. The van der Waals surface area contributed by atoms with Crippen molar-refractivity contribution in [3.63, 3.8) is 0 Å². The summed E-state index contributed by atoms with van der Waals surface area (Å²) in [5.74, 6) is 0.0391. The summed E-state index contributed by atoms with van der Waals surface area (Å²) in [6.07, 6.45) is 1.83. The molecule has 2 rings (SSSR count). The van der Waals surface area contributed by atoms with Crippen molar-refractivity contribution >= 4 is 17.6 Å². The van der Waals surface area contributed by atoms with Crippen LogP contribution >= 0.6 is 0 Å². The highest BCUT2D eigenvalue weighted by molar-refractivity contribution is 5.79. The standard InChI is InChI=1S/C16H25N5O2/c1-3-19(4-2)16(23)21-9-7-20(8-10-21)15(22)11-14-6-5-13(17)12-18-14/h5-6,12H,3-4,7-11,17H2,1-2H3. The summed E-state index contributed by atoms with van der Waals surface area (Å²) in [6, 6.07) is 3.58. The molecular weight excluding hydrogens is 294 g/mol. The fraction of sp³-hybridized carbons (Fsp3) is 0.562. The zero-order valence-corrected chi connectivity index (χ0v) is 13.9. The van der Waals surface area contributed by atoms with E-state index < -0.39 is 0 Å². The van der Waals surface area contributed by atoms with Gasteiger partial charge in [-0.15, -0.1) is 0 Å². The molecule has 3 amide bonds. The zero-order valence-electron chi connectivity index (χ0n) is 13.9. The van der Waals surface area contributed by atoms with E-state index >= 15 is 0 Å². The first-order chi connectivity index (χ1) is 11.0. The number of anilines is 1. The lowest BCUT2D eigenvalue weighted by molar-refractivity contribution is -0.132. The Morgan fingerprint density at radius 1 is 1.13 bits per heavy atom. The molecule has 7 nitrogen and oxygen atoms in total. The van der Waals surface area contributed by atoms with E-state index in [2.05, 4.69) is 4.98 Å². The molecule has 7 heteroatoms. The molecular formula is C16H25N5O2. The Labute approximate surface area is 137 Å². The molecule has 0 spiro atoms. The number of carbonyl (C=O) groups excluding carboxylic acids is 2. The lowest BCUT2D eigenvalue weighted by Crippen LogP contribution is -2.54. The molecule has 0 bridgehead atoms. The second-order valence-corrected chi connectivity index (χ2v) is 5.58. The monoisotopic (exact) mass is 319 g/mol. The summed E-state index contributed by atoms with van der Waals surface area (Å²) < 4.78 is 0. The molecule has 0 radical (unpaired) electrons. The Morgan fingerprint density at radius 2 is 1.74 bits per heavy atom. The number of nitrogen functional groups attached to an aromatic ring is 1. The smallest absolute Gasteiger partial charge is 0.320 e. The van der Waals surface area contributed by atoms with Crippen molar-refractivity contribution in [2.24, 2.45) is 0 Å². The Hall–Kier alpha value is -2.31. The van der Waals surface area contributed by atoms with Crippen molar-refractivity contribution in [3.05, 3.63) is 24.0 Å². The van der Waals surface area contributed by atoms with E-state index in [1.54, 1.807) is 28.1 Å². The summed E-state index contributed by atoms with van der Waals surface area (Å²) in [5, 5.41) is 0. The number of nitrogens with two attached hydrogens (primary N) is 1. The van der Waals surface area contributed by atoms with Crippen LogP contribution in [0, 0.1) is 0 Å². The first-order valence-electron chi connectivity index (χ1n) is 8.07. The highest BCUT2D eigenvalue weighted by Gasteiger charge is 2.26. The number of hydrogen-bond acceptors (Lipinski definition) is 4. The molecule has 0 atom stereocenters. The van der Waals surface area contributed by atoms with E-state index in [4.69, 9.17) is 5.73 Å². The average molecular weight is 319 g/mol. The largest absolute Gasteiger partial charge is 0.397 e. The molecule has 2 N–H and O–H groups in total. The van der Waals surface area contributed by atoms with Gasteiger partial charge in [-0.2, -0.15) is 0 Å². The van der Waals surface area contributed by atoms with E-state index in [1.807, 2.05) is 18.7 Å². The Bertz CT molecular complexity index is 534.